The Morgan fingerprint density at radius 2 is 1.83 bits per heavy atom. The van der Waals surface area contributed by atoms with Gasteiger partial charge in [-0.2, -0.15) is 0 Å². The number of fused-ring (bicyclic) bond motifs is 1. The summed E-state index contributed by atoms with van der Waals surface area (Å²) in [5, 5.41) is 3.17. The number of amides is 1. The smallest absolute Gasteiger partial charge is 0.254 e. The second-order valence-corrected chi connectivity index (χ2v) is 8.72. The van der Waals surface area contributed by atoms with Crippen molar-refractivity contribution in [3.8, 4) is 22.4 Å². The first kappa shape index (κ1) is 22.7. The second kappa shape index (κ2) is 8.94. The van der Waals surface area contributed by atoms with Gasteiger partial charge >= 0.3 is 0 Å². The molecule has 3 aromatic heterocycles. The number of carbonyl (C=O) groups is 1. The van der Waals surface area contributed by atoms with E-state index in [2.05, 4.69) is 15.3 Å². The number of hydrogen-bond acceptors (Lipinski definition) is 4. The molecule has 1 aromatic carbocycles. The van der Waals surface area contributed by atoms with Crippen LogP contribution in [0.3, 0.4) is 0 Å². The Balaban J connectivity index is 1.43. The summed E-state index contributed by atoms with van der Waals surface area (Å²) in [6, 6.07) is 8.90. The van der Waals surface area contributed by atoms with Crippen molar-refractivity contribution in [1.82, 2.24) is 19.4 Å². The van der Waals surface area contributed by atoms with Gasteiger partial charge < -0.3 is 14.8 Å². The van der Waals surface area contributed by atoms with Gasteiger partial charge in [0.05, 0.1) is 18.3 Å². The number of hydrogen-bond donors (Lipinski definition) is 1. The number of carbonyl (C=O) groups excluding carboxylic acids is 1. The number of pyridine rings is 2. The molecule has 0 bridgehead atoms. The molecule has 0 spiro atoms. The van der Waals surface area contributed by atoms with E-state index < -0.39 is 17.7 Å². The van der Waals surface area contributed by atoms with Gasteiger partial charge in [-0.15, -0.1) is 0 Å². The van der Waals surface area contributed by atoms with Gasteiger partial charge in [0.15, 0.2) is 0 Å². The molecule has 1 aliphatic rings. The molecule has 4 heterocycles. The molecule has 8 heteroatoms. The topological polar surface area (TPSA) is 63.1 Å². The van der Waals surface area contributed by atoms with Crippen LogP contribution in [0.1, 0.15) is 41.4 Å². The lowest BCUT2D eigenvalue weighted by Crippen LogP contribution is -2.22. The van der Waals surface area contributed by atoms with Crippen LogP contribution in [0.25, 0.3) is 22.4 Å². The minimum atomic E-state index is -0.569. The average Bonchev–Trinajstić information content (AvgIpc) is 3.44. The maximum Gasteiger partial charge on any atom is 0.254 e. The summed E-state index contributed by atoms with van der Waals surface area (Å²) in [5.74, 6) is -0.601. The van der Waals surface area contributed by atoms with Crippen molar-refractivity contribution in [3.63, 3.8) is 0 Å². The lowest BCUT2D eigenvalue weighted by molar-refractivity contribution is 0.0787. The number of aromatic nitrogens is 3. The fourth-order valence-electron chi connectivity index (χ4n) is 4.47. The minimum absolute atomic E-state index is 0.0468. The summed E-state index contributed by atoms with van der Waals surface area (Å²) >= 11 is 0. The van der Waals surface area contributed by atoms with Gasteiger partial charge in [-0.25, -0.2) is 13.8 Å². The van der Waals surface area contributed by atoms with Crippen molar-refractivity contribution < 1.29 is 13.6 Å². The molecular weight excluding hydrogens is 448 g/mol. The van der Waals surface area contributed by atoms with E-state index >= 15 is 8.78 Å². The molecule has 0 aliphatic carbocycles. The quantitative estimate of drug-likeness (QED) is 0.397. The van der Waals surface area contributed by atoms with Crippen LogP contribution >= 0.6 is 0 Å². The standard InChI is InChI=1S/C27H25F2N5O/c1-4-34-15-22-19(27(34)35)6-9-31-26(22)32-16(2)20-12-24(29)21(13-23(20)28)17-5-8-30-25(11-17)18-7-10-33(3)14-18/h5-14,16H,4,15H2,1-3H3,(H,31,32). The van der Waals surface area contributed by atoms with E-state index in [1.807, 2.05) is 37.0 Å². The third kappa shape index (κ3) is 4.16. The highest BCUT2D eigenvalue weighted by Crippen LogP contribution is 2.33. The molecule has 1 unspecified atom stereocenters. The van der Waals surface area contributed by atoms with Crippen LogP contribution in [0.2, 0.25) is 0 Å². The van der Waals surface area contributed by atoms with E-state index in [0.29, 0.717) is 35.7 Å². The molecule has 1 N–H and O–H groups in total. The normalized spacial score (nSPS) is 13.7. The predicted molar refractivity (Wildman–Crippen MR) is 131 cm³/mol. The monoisotopic (exact) mass is 473 g/mol. The van der Waals surface area contributed by atoms with Gasteiger partial charge in [0.25, 0.3) is 5.91 Å². The van der Waals surface area contributed by atoms with Crippen LogP contribution in [0.4, 0.5) is 14.6 Å². The van der Waals surface area contributed by atoms with E-state index in [1.165, 1.54) is 12.1 Å². The van der Waals surface area contributed by atoms with Gasteiger partial charge in [0.1, 0.15) is 17.5 Å². The number of benzene rings is 1. The zero-order chi connectivity index (χ0) is 24.7. The van der Waals surface area contributed by atoms with Crippen molar-refractivity contribution in [3.05, 3.63) is 89.5 Å². The minimum Gasteiger partial charge on any atom is -0.363 e. The van der Waals surface area contributed by atoms with Crippen LogP contribution in [-0.4, -0.2) is 31.9 Å². The Labute approximate surface area is 202 Å². The molecule has 0 radical (unpaired) electrons. The Hall–Kier alpha value is -4.07. The lowest BCUT2D eigenvalue weighted by atomic mass is 9.99. The van der Waals surface area contributed by atoms with Crippen LogP contribution in [-0.2, 0) is 13.6 Å². The second-order valence-electron chi connectivity index (χ2n) is 8.72. The maximum absolute atomic E-state index is 15.2. The van der Waals surface area contributed by atoms with Crippen molar-refractivity contribution in [2.45, 2.75) is 26.4 Å². The summed E-state index contributed by atoms with van der Waals surface area (Å²) in [6.45, 7) is 4.69. The average molecular weight is 474 g/mol. The van der Waals surface area contributed by atoms with Crippen LogP contribution < -0.4 is 5.32 Å². The summed E-state index contributed by atoms with van der Waals surface area (Å²) in [5.41, 5.74) is 3.83. The number of nitrogens with one attached hydrogen (secondary N) is 1. The summed E-state index contributed by atoms with van der Waals surface area (Å²) in [7, 11) is 1.91. The van der Waals surface area contributed by atoms with Gasteiger partial charge in [-0.05, 0) is 55.8 Å². The molecule has 0 fully saturated rings. The van der Waals surface area contributed by atoms with E-state index in [9.17, 15) is 4.79 Å². The zero-order valence-electron chi connectivity index (χ0n) is 19.7. The zero-order valence-corrected chi connectivity index (χ0v) is 19.7. The summed E-state index contributed by atoms with van der Waals surface area (Å²) < 4.78 is 32.4. The first-order valence-electron chi connectivity index (χ1n) is 11.5. The maximum atomic E-state index is 15.2. The Morgan fingerprint density at radius 3 is 2.57 bits per heavy atom. The van der Waals surface area contributed by atoms with E-state index in [4.69, 9.17) is 0 Å². The molecular formula is C27H25F2N5O. The number of halogens is 2. The molecule has 35 heavy (non-hydrogen) atoms. The predicted octanol–water partition coefficient (Wildman–Crippen LogP) is 5.58. The van der Waals surface area contributed by atoms with Crippen molar-refractivity contribution in [2.24, 2.45) is 7.05 Å². The highest BCUT2D eigenvalue weighted by Gasteiger charge is 2.29. The van der Waals surface area contributed by atoms with E-state index in [1.54, 1.807) is 42.4 Å². The molecule has 0 saturated heterocycles. The molecule has 5 rings (SSSR count). The molecule has 178 valence electrons. The fourth-order valence-corrected chi connectivity index (χ4v) is 4.47. The third-order valence-electron chi connectivity index (χ3n) is 6.41. The molecule has 1 aliphatic heterocycles. The van der Waals surface area contributed by atoms with Gasteiger partial charge in [0.2, 0.25) is 0 Å². The van der Waals surface area contributed by atoms with Gasteiger partial charge in [-0.3, -0.25) is 9.78 Å². The van der Waals surface area contributed by atoms with E-state index in [0.717, 1.165) is 11.1 Å². The number of aryl methyl sites for hydroxylation is 1. The largest absolute Gasteiger partial charge is 0.363 e. The fraction of sp³-hybridized carbons (Fsp3) is 0.222. The third-order valence-corrected chi connectivity index (χ3v) is 6.41. The molecule has 0 saturated carbocycles. The molecule has 4 aromatic rings. The molecule has 1 atom stereocenters. The van der Waals surface area contributed by atoms with Crippen LogP contribution in [0, 0.1) is 11.6 Å². The van der Waals surface area contributed by atoms with Crippen molar-refractivity contribution in [1.29, 1.82) is 0 Å². The molecule has 6 nitrogen and oxygen atoms in total. The Morgan fingerprint density at radius 1 is 1.03 bits per heavy atom. The number of rotatable bonds is 6. The lowest BCUT2D eigenvalue weighted by Gasteiger charge is -2.19. The van der Waals surface area contributed by atoms with Crippen LogP contribution in [0.15, 0.2) is 61.2 Å². The van der Waals surface area contributed by atoms with Crippen molar-refractivity contribution >= 4 is 11.7 Å². The van der Waals surface area contributed by atoms with Gasteiger partial charge in [-0.1, -0.05) is 0 Å². The van der Waals surface area contributed by atoms with E-state index in [-0.39, 0.29) is 17.0 Å². The SMILES string of the molecule is CCN1Cc2c(ccnc2NC(C)c2cc(F)c(-c3ccnc(-c4ccn(C)c4)c3)cc2F)C1=O. The van der Waals surface area contributed by atoms with Crippen LogP contribution in [0.5, 0.6) is 0 Å². The Kier molecular flexibility index (Phi) is 5.80. The number of anilines is 1. The first-order valence-corrected chi connectivity index (χ1v) is 11.5. The van der Waals surface area contributed by atoms with Gasteiger partial charge in [0, 0.05) is 66.2 Å². The first-order chi connectivity index (χ1) is 16.9. The highest BCUT2D eigenvalue weighted by molar-refractivity contribution is 5.99. The summed E-state index contributed by atoms with van der Waals surface area (Å²) in [4.78, 5) is 22.9. The highest BCUT2D eigenvalue weighted by atomic mass is 19.1. The number of nitrogens with zero attached hydrogens (tertiary/aromatic N) is 4. The Bertz CT molecular complexity index is 1430. The molecule has 1 amide bonds. The van der Waals surface area contributed by atoms with Crippen molar-refractivity contribution in [2.75, 3.05) is 11.9 Å². The summed E-state index contributed by atoms with van der Waals surface area (Å²) in [6.07, 6.45) is 6.97.